The lowest BCUT2D eigenvalue weighted by molar-refractivity contribution is 0.0868. The van der Waals surface area contributed by atoms with Gasteiger partial charge in [-0.05, 0) is 18.2 Å². The number of aliphatic hydroxyl groups is 1. The lowest BCUT2D eigenvalue weighted by atomic mass is 10.1. The summed E-state index contributed by atoms with van der Waals surface area (Å²) in [5.74, 6) is -2.36. The van der Waals surface area contributed by atoms with Gasteiger partial charge in [-0.25, -0.2) is 8.78 Å². The SMILES string of the molecule is COCCN(CCO)CC(=O)c1ccc(F)c(F)c1. The van der Waals surface area contributed by atoms with E-state index >= 15 is 0 Å². The first-order valence-corrected chi connectivity index (χ1v) is 5.89. The molecule has 0 unspecified atom stereocenters. The third-order valence-electron chi connectivity index (χ3n) is 2.64. The fourth-order valence-corrected chi connectivity index (χ4v) is 1.60. The number of benzene rings is 1. The summed E-state index contributed by atoms with van der Waals surface area (Å²) in [6, 6.07) is 3.05. The Hall–Kier alpha value is -1.37. The zero-order chi connectivity index (χ0) is 14.3. The summed E-state index contributed by atoms with van der Waals surface area (Å²) in [5, 5.41) is 8.90. The number of ether oxygens (including phenoxy) is 1. The molecule has 1 N–H and O–H groups in total. The maximum Gasteiger partial charge on any atom is 0.176 e. The lowest BCUT2D eigenvalue weighted by Gasteiger charge is -2.19. The van der Waals surface area contributed by atoms with E-state index in [-0.39, 0.29) is 24.5 Å². The van der Waals surface area contributed by atoms with Crippen molar-refractivity contribution in [3.05, 3.63) is 35.4 Å². The topological polar surface area (TPSA) is 49.8 Å². The number of hydrogen-bond donors (Lipinski definition) is 1. The quantitative estimate of drug-likeness (QED) is 0.720. The van der Waals surface area contributed by atoms with Crippen molar-refractivity contribution in [1.29, 1.82) is 0 Å². The molecular formula is C13H17F2NO3. The van der Waals surface area contributed by atoms with Crippen LogP contribution in [-0.4, -0.2) is 55.7 Å². The van der Waals surface area contributed by atoms with E-state index in [4.69, 9.17) is 9.84 Å². The number of Topliss-reactive ketones (excluding diaryl/α,β-unsaturated/α-hetero) is 1. The van der Waals surface area contributed by atoms with Gasteiger partial charge in [0.05, 0.1) is 19.8 Å². The van der Waals surface area contributed by atoms with Crippen LogP contribution in [0.1, 0.15) is 10.4 Å². The number of halogens is 2. The number of rotatable bonds is 8. The summed E-state index contributed by atoms with van der Waals surface area (Å²) < 4.78 is 30.7. The van der Waals surface area contributed by atoms with Crippen LogP contribution in [0.25, 0.3) is 0 Å². The van der Waals surface area contributed by atoms with E-state index in [2.05, 4.69) is 0 Å². The zero-order valence-electron chi connectivity index (χ0n) is 10.7. The van der Waals surface area contributed by atoms with E-state index in [1.165, 1.54) is 13.2 Å². The summed E-state index contributed by atoms with van der Waals surface area (Å²) in [5.41, 5.74) is 0.110. The van der Waals surface area contributed by atoms with Crippen molar-refractivity contribution in [2.75, 3.05) is 40.0 Å². The summed E-state index contributed by atoms with van der Waals surface area (Å²) in [6.45, 7) is 1.15. The number of methoxy groups -OCH3 is 1. The molecule has 1 aromatic carbocycles. The largest absolute Gasteiger partial charge is 0.395 e. The van der Waals surface area contributed by atoms with Crippen molar-refractivity contribution < 1.29 is 23.4 Å². The van der Waals surface area contributed by atoms with Crippen molar-refractivity contribution in [2.45, 2.75) is 0 Å². The Morgan fingerprint density at radius 1 is 1.32 bits per heavy atom. The molecule has 0 aliphatic heterocycles. The Labute approximate surface area is 110 Å². The predicted molar refractivity (Wildman–Crippen MR) is 66.1 cm³/mol. The van der Waals surface area contributed by atoms with Crippen LogP contribution in [-0.2, 0) is 4.74 Å². The fourth-order valence-electron chi connectivity index (χ4n) is 1.60. The standard InChI is InChI=1S/C13H17F2NO3/c1-19-7-5-16(4-6-17)9-13(18)10-2-3-11(14)12(15)8-10/h2-3,8,17H,4-7,9H2,1H3. The molecule has 0 atom stereocenters. The molecule has 19 heavy (non-hydrogen) atoms. The van der Waals surface area contributed by atoms with Gasteiger partial charge < -0.3 is 9.84 Å². The predicted octanol–water partition coefficient (Wildman–Crippen LogP) is 1.09. The molecule has 0 heterocycles. The number of ketones is 1. The van der Waals surface area contributed by atoms with Crippen LogP contribution >= 0.6 is 0 Å². The van der Waals surface area contributed by atoms with E-state index in [0.29, 0.717) is 19.7 Å². The Morgan fingerprint density at radius 3 is 2.63 bits per heavy atom. The monoisotopic (exact) mass is 273 g/mol. The summed E-state index contributed by atoms with van der Waals surface area (Å²) in [7, 11) is 1.54. The minimum atomic E-state index is -1.04. The van der Waals surface area contributed by atoms with Crippen molar-refractivity contribution in [1.82, 2.24) is 4.90 Å². The highest BCUT2D eigenvalue weighted by Crippen LogP contribution is 2.10. The van der Waals surface area contributed by atoms with Crippen LogP contribution in [0.3, 0.4) is 0 Å². The molecule has 0 saturated carbocycles. The van der Waals surface area contributed by atoms with Gasteiger partial charge in [-0.15, -0.1) is 0 Å². The van der Waals surface area contributed by atoms with E-state index in [9.17, 15) is 13.6 Å². The number of carbonyl (C=O) groups is 1. The van der Waals surface area contributed by atoms with E-state index in [1.807, 2.05) is 0 Å². The van der Waals surface area contributed by atoms with Crippen LogP contribution in [0.2, 0.25) is 0 Å². The molecule has 0 saturated heterocycles. The molecule has 0 radical (unpaired) electrons. The Balaban J connectivity index is 2.66. The highest BCUT2D eigenvalue weighted by atomic mass is 19.2. The third kappa shape index (κ3) is 5.02. The van der Waals surface area contributed by atoms with Gasteiger partial charge in [0.25, 0.3) is 0 Å². The van der Waals surface area contributed by atoms with Gasteiger partial charge in [0, 0.05) is 25.8 Å². The Kier molecular flexibility index (Phi) is 6.55. The maximum atomic E-state index is 13.0. The second-order valence-corrected chi connectivity index (χ2v) is 4.04. The molecule has 106 valence electrons. The van der Waals surface area contributed by atoms with Gasteiger partial charge in [0.2, 0.25) is 0 Å². The molecule has 1 aromatic rings. The van der Waals surface area contributed by atoms with Crippen LogP contribution in [0.5, 0.6) is 0 Å². The fraction of sp³-hybridized carbons (Fsp3) is 0.462. The molecule has 6 heteroatoms. The summed E-state index contributed by atoms with van der Waals surface area (Å²) >= 11 is 0. The highest BCUT2D eigenvalue weighted by molar-refractivity contribution is 5.97. The Bertz CT molecular complexity index is 426. The van der Waals surface area contributed by atoms with E-state index in [0.717, 1.165) is 12.1 Å². The van der Waals surface area contributed by atoms with Crippen molar-refractivity contribution in [2.24, 2.45) is 0 Å². The molecule has 4 nitrogen and oxygen atoms in total. The minimum absolute atomic E-state index is 0.0228. The number of hydrogen-bond acceptors (Lipinski definition) is 4. The van der Waals surface area contributed by atoms with Gasteiger partial charge in [0.1, 0.15) is 0 Å². The van der Waals surface area contributed by atoms with Crippen molar-refractivity contribution >= 4 is 5.78 Å². The van der Waals surface area contributed by atoms with E-state index in [1.54, 1.807) is 4.90 Å². The molecule has 0 amide bonds. The van der Waals surface area contributed by atoms with E-state index < -0.39 is 11.6 Å². The Morgan fingerprint density at radius 2 is 2.05 bits per heavy atom. The maximum absolute atomic E-state index is 13.0. The highest BCUT2D eigenvalue weighted by Gasteiger charge is 2.14. The van der Waals surface area contributed by atoms with Gasteiger partial charge in [0.15, 0.2) is 17.4 Å². The number of carbonyl (C=O) groups excluding carboxylic acids is 1. The van der Waals surface area contributed by atoms with Crippen LogP contribution in [0, 0.1) is 11.6 Å². The summed E-state index contributed by atoms with van der Waals surface area (Å²) in [6.07, 6.45) is 0. The number of nitrogens with zero attached hydrogens (tertiary/aromatic N) is 1. The van der Waals surface area contributed by atoms with Gasteiger partial charge >= 0.3 is 0 Å². The van der Waals surface area contributed by atoms with Crippen molar-refractivity contribution in [3.63, 3.8) is 0 Å². The molecule has 0 aliphatic rings. The van der Waals surface area contributed by atoms with Crippen LogP contribution in [0.4, 0.5) is 8.78 Å². The molecule has 0 fully saturated rings. The zero-order valence-corrected chi connectivity index (χ0v) is 10.7. The third-order valence-corrected chi connectivity index (χ3v) is 2.64. The minimum Gasteiger partial charge on any atom is -0.395 e. The lowest BCUT2D eigenvalue weighted by Crippen LogP contribution is -2.35. The average Bonchev–Trinajstić information content (AvgIpc) is 2.39. The average molecular weight is 273 g/mol. The molecule has 0 aliphatic carbocycles. The van der Waals surface area contributed by atoms with Gasteiger partial charge in [-0.1, -0.05) is 0 Å². The molecule has 1 rings (SSSR count). The van der Waals surface area contributed by atoms with Crippen molar-refractivity contribution in [3.8, 4) is 0 Å². The van der Waals surface area contributed by atoms with Crippen LogP contribution in [0.15, 0.2) is 18.2 Å². The second-order valence-electron chi connectivity index (χ2n) is 4.04. The molecule has 0 bridgehead atoms. The first-order chi connectivity index (χ1) is 9.08. The smallest absolute Gasteiger partial charge is 0.176 e. The molecule has 0 spiro atoms. The first kappa shape index (κ1) is 15.7. The first-order valence-electron chi connectivity index (χ1n) is 5.89. The number of aliphatic hydroxyl groups excluding tert-OH is 1. The second kappa shape index (κ2) is 7.93. The summed E-state index contributed by atoms with van der Waals surface area (Å²) in [4.78, 5) is 13.6. The molecular weight excluding hydrogens is 256 g/mol. The van der Waals surface area contributed by atoms with Gasteiger partial charge in [-0.2, -0.15) is 0 Å². The molecule has 0 aromatic heterocycles. The normalized spacial score (nSPS) is 11.0. The van der Waals surface area contributed by atoms with Crippen LogP contribution < -0.4 is 0 Å². The van der Waals surface area contributed by atoms with Gasteiger partial charge in [-0.3, -0.25) is 9.69 Å².